The fourth-order valence-electron chi connectivity index (χ4n) is 3.49. The normalized spacial score (nSPS) is 15.0. The number of nitrogens with one attached hydrogen (secondary N) is 1. The van der Waals surface area contributed by atoms with Crippen LogP contribution >= 0.6 is 11.3 Å². The highest BCUT2D eigenvalue weighted by Crippen LogP contribution is 2.34. The number of benzene rings is 2. The SMILES string of the molecule is CC(=O)c1ccccc1-c1ccc2c(c1)CC(CNC(=O)c1ccc(C)s1)O2. The highest BCUT2D eigenvalue weighted by molar-refractivity contribution is 7.13. The van der Waals surface area contributed by atoms with Crippen LogP contribution in [0.5, 0.6) is 5.75 Å². The van der Waals surface area contributed by atoms with Crippen LogP contribution < -0.4 is 10.1 Å². The van der Waals surface area contributed by atoms with Crippen LogP contribution in [0.3, 0.4) is 0 Å². The zero-order valence-corrected chi connectivity index (χ0v) is 16.6. The van der Waals surface area contributed by atoms with Gasteiger partial charge in [0.05, 0.1) is 11.4 Å². The fourth-order valence-corrected chi connectivity index (χ4v) is 4.28. The summed E-state index contributed by atoms with van der Waals surface area (Å²) in [7, 11) is 0. The number of hydrogen-bond acceptors (Lipinski definition) is 4. The Hall–Kier alpha value is -2.92. The molecule has 0 bridgehead atoms. The number of ether oxygens (including phenoxy) is 1. The van der Waals surface area contributed by atoms with Gasteiger partial charge in [0.25, 0.3) is 5.91 Å². The molecule has 28 heavy (non-hydrogen) atoms. The Kier molecular flexibility index (Phi) is 5.01. The minimum absolute atomic E-state index is 0.0525. The number of ketones is 1. The zero-order chi connectivity index (χ0) is 19.7. The summed E-state index contributed by atoms with van der Waals surface area (Å²) < 4.78 is 5.99. The van der Waals surface area contributed by atoms with Crippen molar-refractivity contribution in [2.24, 2.45) is 0 Å². The molecule has 0 saturated carbocycles. The second-order valence-electron chi connectivity index (χ2n) is 6.99. The number of amides is 1. The molecule has 1 aromatic heterocycles. The van der Waals surface area contributed by atoms with E-state index in [2.05, 4.69) is 11.4 Å². The van der Waals surface area contributed by atoms with E-state index in [4.69, 9.17) is 4.74 Å². The maximum atomic E-state index is 12.2. The van der Waals surface area contributed by atoms with Gasteiger partial charge in [0, 0.05) is 16.9 Å². The molecule has 142 valence electrons. The van der Waals surface area contributed by atoms with Crippen LogP contribution in [0.4, 0.5) is 0 Å². The molecule has 1 atom stereocenters. The summed E-state index contributed by atoms with van der Waals surface area (Å²) in [5.41, 5.74) is 3.76. The molecule has 3 aromatic rings. The number of carbonyl (C=O) groups excluding carboxylic acids is 2. The molecule has 0 aliphatic carbocycles. The first-order chi connectivity index (χ1) is 13.5. The first-order valence-electron chi connectivity index (χ1n) is 9.26. The molecule has 0 spiro atoms. The number of carbonyl (C=O) groups is 2. The summed E-state index contributed by atoms with van der Waals surface area (Å²) in [6.07, 6.45) is 0.646. The number of rotatable bonds is 5. The van der Waals surface area contributed by atoms with Crippen LogP contribution in [0.2, 0.25) is 0 Å². The van der Waals surface area contributed by atoms with Gasteiger partial charge in [0.15, 0.2) is 5.78 Å². The zero-order valence-electron chi connectivity index (χ0n) is 15.8. The van der Waals surface area contributed by atoms with Crippen molar-refractivity contribution >= 4 is 23.0 Å². The van der Waals surface area contributed by atoms with Gasteiger partial charge in [0.2, 0.25) is 0 Å². The minimum Gasteiger partial charge on any atom is -0.488 e. The molecule has 4 rings (SSSR count). The highest BCUT2D eigenvalue weighted by atomic mass is 32.1. The maximum absolute atomic E-state index is 12.2. The molecule has 0 radical (unpaired) electrons. The Balaban J connectivity index is 1.46. The lowest BCUT2D eigenvalue weighted by molar-refractivity contribution is 0.0937. The summed E-state index contributed by atoms with van der Waals surface area (Å²) >= 11 is 1.49. The third-order valence-corrected chi connectivity index (χ3v) is 5.87. The first kappa shape index (κ1) is 18.4. The van der Waals surface area contributed by atoms with Gasteiger partial charge in [-0.2, -0.15) is 0 Å². The average Bonchev–Trinajstić information content (AvgIpc) is 3.31. The van der Waals surface area contributed by atoms with E-state index in [9.17, 15) is 9.59 Å². The standard InChI is InChI=1S/C23H21NO3S/c1-14-7-10-22(28-14)23(26)24-13-18-12-17-11-16(8-9-21(17)27-18)20-6-4-3-5-19(20)15(2)25/h3-11,18H,12-13H2,1-2H3,(H,24,26). The van der Waals surface area contributed by atoms with E-state index < -0.39 is 0 Å². The fraction of sp³-hybridized carbons (Fsp3) is 0.217. The second-order valence-corrected chi connectivity index (χ2v) is 8.28. The third kappa shape index (κ3) is 3.71. The van der Waals surface area contributed by atoms with Crippen molar-refractivity contribution in [1.82, 2.24) is 5.32 Å². The van der Waals surface area contributed by atoms with Crippen molar-refractivity contribution < 1.29 is 14.3 Å². The van der Waals surface area contributed by atoms with Crippen molar-refractivity contribution in [2.45, 2.75) is 26.4 Å². The van der Waals surface area contributed by atoms with Crippen molar-refractivity contribution in [3.8, 4) is 16.9 Å². The Morgan fingerprint density at radius 2 is 1.96 bits per heavy atom. The molecule has 1 N–H and O–H groups in total. The van der Waals surface area contributed by atoms with Gasteiger partial charge in [0.1, 0.15) is 11.9 Å². The summed E-state index contributed by atoms with van der Waals surface area (Å²) in [4.78, 5) is 26.0. The van der Waals surface area contributed by atoms with Crippen LogP contribution in [0, 0.1) is 6.92 Å². The average molecular weight is 391 g/mol. The molecule has 2 heterocycles. The Labute approximate surface area is 168 Å². The summed E-state index contributed by atoms with van der Waals surface area (Å²) in [6.45, 7) is 4.03. The molecule has 0 fully saturated rings. The van der Waals surface area contributed by atoms with Crippen LogP contribution in [0.25, 0.3) is 11.1 Å². The predicted molar refractivity (Wildman–Crippen MR) is 111 cm³/mol. The van der Waals surface area contributed by atoms with Crippen molar-refractivity contribution in [1.29, 1.82) is 0 Å². The number of thiophene rings is 1. The van der Waals surface area contributed by atoms with E-state index in [1.807, 2.05) is 55.5 Å². The van der Waals surface area contributed by atoms with E-state index >= 15 is 0 Å². The van der Waals surface area contributed by atoms with E-state index in [-0.39, 0.29) is 17.8 Å². The van der Waals surface area contributed by atoms with E-state index in [0.29, 0.717) is 6.54 Å². The van der Waals surface area contributed by atoms with Gasteiger partial charge in [-0.15, -0.1) is 11.3 Å². The number of Topliss-reactive ketones (excluding diaryl/α,β-unsaturated/α-hetero) is 1. The van der Waals surface area contributed by atoms with E-state index in [1.54, 1.807) is 6.92 Å². The molecule has 1 unspecified atom stereocenters. The summed E-state index contributed by atoms with van der Waals surface area (Å²) in [6, 6.07) is 17.4. The molecule has 0 saturated heterocycles. The smallest absolute Gasteiger partial charge is 0.261 e. The predicted octanol–water partition coefficient (Wildman–Crippen LogP) is 4.66. The molecular formula is C23H21NO3S. The molecule has 1 aliphatic rings. The number of aryl methyl sites for hydroxylation is 1. The molecule has 4 nitrogen and oxygen atoms in total. The molecule has 1 aliphatic heterocycles. The summed E-state index contributed by atoms with van der Waals surface area (Å²) in [5.74, 6) is 0.834. The second kappa shape index (κ2) is 7.60. The van der Waals surface area contributed by atoms with Crippen LogP contribution in [0.1, 0.15) is 37.4 Å². The first-order valence-corrected chi connectivity index (χ1v) is 10.1. The van der Waals surface area contributed by atoms with Gasteiger partial charge in [-0.3, -0.25) is 9.59 Å². The Bertz CT molecular complexity index is 1050. The van der Waals surface area contributed by atoms with E-state index in [1.165, 1.54) is 11.3 Å². The van der Waals surface area contributed by atoms with Gasteiger partial charge in [-0.1, -0.05) is 30.3 Å². The molecular weight excluding hydrogens is 370 g/mol. The van der Waals surface area contributed by atoms with Crippen molar-refractivity contribution in [3.63, 3.8) is 0 Å². The number of fused-ring (bicyclic) bond motifs is 1. The minimum atomic E-state index is -0.0849. The number of hydrogen-bond donors (Lipinski definition) is 1. The van der Waals surface area contributed by atoms with Gasteiger partial charge in [-0.05, 0) is 54.8 Å². The van der Waals surface area contributed by atoms with Gasteiger partial charge < -0.3 is 10.1 Å². The lowest BCUT2D eigenvalue weighted by atomic mass is 9.95. The largest absolute Gasteiger partial charge is 0.488 e. The van der Waals surface area contributed by atoms with Crippen molar-refractivity contribution in [3.05, 3.63) is 75.5 Å². The van der Waals surface area contributed by atoms with Crippen LogP contribution in [0.15, 0.2) is 54.6 Å². The summed E-state index contributed by atoms with van der Waals surface area (Å²) in [5, 5.41) is 2.96. The van der Waals surface area contributed by atoms with Crippen molar-refractivity contribution in [2.75, 3.05) is 6.54 Å². The Morgan fingerprint density at radius 3 is 2.71 bits per heavy atom. The molecule has 5 heteroatoms. The third-order valence-electron chi connectivity index (χ3n) is 4.87. The van der Waals surface area contributed by atoms with Crippen LogP contribution in [-0.4, -0.2) is 24.3 Å². The lowest BCUT2D eigenvalue weighted by Crippen LogP contribution is -2.34. The topological polar surface area (TPSA) is 55.4 Å². The Morgan fingerprint density at radius 1 is 1.14 bits per heavy atom. The lowest BCUT2D eigenvalue weighted by Gasteiger charge is -2.11. The van der Waals surface area contributed by atoms with Gasteiger partial charge in [-0.25, -0.2) is 0 Å². The monoisotopic (exact) mass is 391 g/mol. The molecule has 2 aromatic carbocycles. The highest BCUT2D eigenvalue weighted by Gasteiger charge is 2.24. The van der Waals surface area contributed by atoms with Gasteiger partial charge >= 0.3 is 0 Å². The quantitative estimate of drug-likeness (QED) is 0.644. The molecule has 1 amide bonds. The van der Waals surface area contributed by atoms with Crippen LogP contribution in [-0.2, 0) is 6.42 Å². The van der Waals surface area contributed by atoms with E-state index in [0.717, 1.165) is 44.2 Å². The maximum Gasteiger partial charge on any atom is 0.261 e.